The molecule has 0 spiro atoms. The normalized spacial score (nSPS) is 16.1. The number of para-hydroxylation sites is 1. The van der Waals surface area contributed by atoms with Crippen LogP contribution in [-0.4, -0.2) is 26.9 Å². The Labute approximate surface area is 185 Å². The van der Waals surface area contributed by atoms with Crippen LogP contribution in [0.1, 0.15) is 27.9 Å². The van der Waals surface area contributed by atoms with Crippen LogP contribution in [0.4, 0.5) is 11.5 Å². The van der Waals surface area contributed by atoms with E-state index in [1.165, 1.54) is 36.4 Å². The van der Waals surface area contributed by atoms with Crippen molar-refractivity contribution in [3.63, 3.8) is 0 Å². The average molecular weight is 445 g/mol. The molecule has 33 heavy (non-hydrogen) atoms. The Balaban J connectivity index is 1.65. The summed E-state index contributed by atoms with van der Waals surface area (Å²) in [6.45, 7) is 1.63. The van der Waals surface area contributed by atoms with Gasteiger partial charge in [-0.15, -0.1) is 0 Å². The van der Waals surface area contributed by atoms with Crippen molar-refractivity contribution in [3.05, 3.63) is 99.2 Å². The first-order valence-electron chi connectivity index (χ1n) is 9.83. The number of anilines is 1. The molecule has 0 bridgehead atoms. The van der Waals surface area contributed by atoms with Gasteiger partial charge < -0.3 is 14.0 Å². The summed E-state index contributed by atoms with van der Waals surface area (Å²) in [7, 11) is 0. The van der Waals surface area contributed by atoms with E-state index in [1.54, 1.807) is 31.2 Å². The van der Waals surface area contributed by atoms with E-state index in [2.05, 4.69) is 5.16 Å². The molecule has 0 unspecified atom stereocenters. The molecule has 5 rings (SSSR count). The molecule has 1 N–H and O–H groups in total. The number of nitro groups is 1. The highest BCUT2D eigenvalue weighted by Crippen LogP contribution is 2.42. The Hall–Kier alpha value is -4.73. The number of aryl methyl sites for hydroxylation is 1. The van der Waals surface area contributed by atoms with E-state index in [0.29, 0.717) is 22.3 Å². The second-order valence-corrected chi connectivity index (χ2v) is 7.46. The highest BCUT2D eigenvalue weighted by molar-refractivity contribution is 6.20. The number of aliphatic hydroxyl groups is 1. The van der Waals surface area contributed by atoms with Crippen LogP contribution in [-0.2, 0) is 4.79 Å². The lowest BCUT2D eigenvalue weighted by Crippen LogP contribution is -2.31. The number of Topliss-reactive ketones (excluding diaryl/α,β-unsaturated/α-hetero) is 1. The molecule has 164 valence electrons. The minimum Gasteiger partial charge on any atom is -0.503 e. The van der Waals surface area contributed by atoms with Crippen molar-refractivity contribution >= 4 is 34.2 Å². The standard InChI is InChI=1S/C23H15N3O7/c1-12-10-18(24-33-12)25-20(13-6-8-15(9-7-13)26(30)31)19(22(28)23(25)29)21(27)17-11-14-4-2-3-5-16(14)32-17/h2-11,20,28H,1H3/t20-/m0/s1. The van der Waals surface area contributed by atoms with Crippen molar-refractivity contribution in [1.29, 1.82) is 0 Å². The van der Waals surface area contributed by atoms with Crippen molar-refractivity contribution in [1.82, 2.24) is 5.16 Å². The van der Waals surface area contributed by atoms with Gasteiger partial charge in [0.25, 0.3) is 11.6 Å². The fraction of sp³-hybridized carbons (Fsp3) is 0.0870. The van der Waals surface area contributed by atoms with Gasteiger partial charge in [0.1, 0.15) is 11.3 Å². The van der Waals surface area contributed by atoms with Crippen LogP contribution < -0.4 is 4.90 Å². The Morgan fingerprint density at radius 1 is 1.15 bits per heavy atom. The molecule has 0 fully saturated rings. The molecule has 0 aliphatic carbocycles. The molecular formula is C23H15N3O7. The maximum atomic E-state index is 13.5. The van der Waals surface area contributed by atoms with Gasteiger partial charge in [0.2, 0.25) is 5.78 Å². The molecule has 0 radical (unpaired) electrons. The number of non-ortho nitro benzene ring substituents is 1. The fourth-order valence-electron chi connectivity index (χ4n) is 3.86. The number of furan rings is 1. The van der Waals surface area contributed by atoms with E-state index in [0.717, 1.165) is 4.90 Å². The van der Waals surface area contributed by atoms with Gasteiger partial charge >= 0.3 is 0 Å². The summed E-state index contributed by atoms with van der Waals surface area (Å²) in [4.78, 5) is 38.1. The fourth-order valence-corrected chi connectivity index (χ4v) is 3.86. The third-order valence-corrected chi connectivity index (χ3v) is 5.38. The zero-order valence-corrected chi connectivity index (χ0v) is 17.1. The number of hydrogen-bond acceptors (Lipinski definition) is 8. The summed E-state index contributed by atoms with van der Waals surface area (Å²) in [5.74, 6) is -1.87. The van der Waals surface area contributed by atoms with Gasteiger partial charge in [-0.2, -0.15) is 0 Å². The summed E-state index contributed by atoms with van der Waals surface area (Å²) in [6, 6.07) is 14.2. The van der Waals surface area contributed by atoms with Gasteiger partial charge in [0, 0.05) is 23.6 Å². The van der Waals surface area contributed by atoms with Crippen molar-refractivity contribution in [2.45, 2.75) is 13.0 Å². The Morgan fingerprint density at radius 3 is 2.52 bits per heavy atom. The van der Waals surface area contributed by atoms with Gasteiger partial charge in [-0.1, -0.05) is 23.4 Å². The molecular weight excluding hydrogens is 430 g/mol. The number of aromatic nitrogens is 1. The summed E-state index contributed by atoms with van der Waals surface area (Å²) >= 11 is 0. The van der Waals surface area contributed by atoms with E-state index in [4.69, 9.17) is 8.94 Å². The number of carbonyl (C=O) groups excluding carboxylic acids is 2. The molecule has 2 aromatic carbocycles. The van der Waals surface area contributed by atoms with E-state index in [1.807, 2.05) is 0 Å². The van der Waals surface area contributed by atoms with Crippen LogP contribution in [0.5, 0.6) is 0 Å². The maximum Gasteiger partial charge on any atom is 0.295 e. The number of ketones is 1. The number of benzene rings is 2. The predicted octanol–water partition coefficient (Wildman–Crippen LogP) is 4.42. The molecule has 4 aromatic rings. The quantitative estimate of drug-likeness (QED) is 0.270. The van der Waals surface area contributed by atoms with E-state index in [9.17, 15) is 24.8 Å². The molecule has 2 aromatic heterocycles. The molecule has 10 nitrogen and oxygen atoms in total. The Bertz CT molecular complexity index is 1430. The first kappa shape index (κ1) is 20.2. The highest BCUT2D eigenvalue weighted by Gasteiger charge is 2.46. The second kappa shape index (κ2) is 7.45. The molecule has 1 amide bonds. The zero-order valence-electron chi connectivity index (χ0n) is 17.1. The third kappa shape index (κ3) is 3.24. The van der Waals surface area contributed by atoms with Crippen molar-refractivity contribution in [2.75, 3.05) is 4.90 Å². The first-order chi connectivity index (χ1) is 15.8. The van der Waals surface area contributed by atoms with Gasteiger partial charge in [-0.3, -0.25) is 24.6 Å². The molecule has 1 aliphatic heterocycles. The smallest absolute Gasteiger partial charge is 0.295 e. The lowest BCUT2D eigenvalue weighted by Gasteiger charge is -2.24. The number of nitrogens with zero attached hydrogens (tertiary/aromatic N) is 3. The van der Waals surface area contributed by atoms with Crippen LogP contribution >= 0.6 is 0 Å². The molecule has 3 heterocycles. The lowest BCUT2D eigenvalue weighted by atomic mass is 9.95. The number of aliphatic hydroxyl groups excluding tert-OH is 1. The minimum absolute atomic E-state index is 0.0596. The lowest BCUT2D eigenvalue weighted by molar-refractivity contribution is -0.384. The summed E-state index contributed by atoms with van der Waals surface area (Å²) < 4.78 is 10.7. The minimum atomic E-state index is -1.11. The van der Waals surface area contributed by atoms with Crippen LogP contribution in [0.25, 0.3) is 11.0 Å². The number of carbonyl (C=O) groups is 2. The highest BCUT2D eigenvalue weighted by atomic mass is 16.6. The van der Waals surface area contributed by atoms with E-state index >= 15 is 0 Å². The average Bonchev–Trinajstić information content (AvgIpc) is 3.50. The van der Waals surface area contributed by atoms with Gasteiger partial charge in [-0.05, 0) is 36.8 Å². The summed E-state index contributed by atoms with van der Waals surface area (Å²) in [6.07, 6.45) is 0. The van der Waals surface area contributed by atoms with Gasteiger partial charge in [-0.25, -0.2) is 0 Å². The zero-order chi connectivity index (χ0) is 23.3. The molecule has 0 saturated carbocycles. The Kier molecular flexibility index (Phi) is 4.56. The summed E-state index contributed by atoms with van der Waals surface area (Å²) in [5, 5.41) is 26.3. The number of amides is 1. The van der Waals surface area contributed by atoms with Crippen LogP contribution in [0, 0.1) is 17.0 Å². The molecule has 1 atom stereocenters. The van der Waals surface area contributed by atoms with Crippen molar-refractivity contribution in [3.8, 4) is 0 Å². The predicted molar refractivity (Wildman–Crippen MR) is 115 cm³/mol. The topological polar surface area (TPSA) is 140 Å². The molecule has 10 heteroatoms. The number of rotatable bonds is 5. The van der Waals surface area contributed by atoms with Crippen molar-refractivity contribution in [2.24, 2.45) is 0 Å². The van der Waals surface area contributed by atoms with E-state index in [-0.39, 0.29) is 22.8 Å². The largest absolute Gasteiger partial charge is 0.503 e. The van der Waals surface area contributed by atoms with Crippen LogP contribution in [0.15, 0.2) is 80.9 Å². The SMILES string of the molecule is Cc1cc(N2C(=O)C(O)=C(C(=O)c3cc4ccccc4o3)[C@@H]2c2ccc([N+](=O)[O-])cc2)no1. The number of nitro benzene ring substituents is 1. The van der Waals surface area contributed by atoms with Gasteiger partial charge in [0.15, 0.2) is 17.3 Å². The number of fused-ring (bicyclic) bond motifs is 1. The molecule has 1 aliphatic rings. The third-order valence-electron chi connectivity index (χ3n) is 5.38. The first-order valence-corrected chi connectivity index (χ1v) is 9.83. The molecule has 0 saturated heterocycles. The van der Waals surface area contributed by atoms with Gasteiger partial charge in [0.05, 0.1) is 16.5 Å². The van der Waals surface area contributed by atoms with E-state index < -0.39 is 28.4 Å². The summed E-state index contributed by atoms with van der Waals surface area (Å²) in [5.41, 5.74) is 0.443. The van der Waals surface area contributed by atoms with Crippen LogP contribution in [0.2, 0.25) is 0 Å². The second-order valence-electron chi connectivity index (χ2n) is 7.46. The Morgan fingerprint density at radius 2 is 1.88 bits per heavy atom. The maximum absolute atomic E-state index is 13.5. The van der Waals surface area contributed by atoms with Crippen LogP contribution in [0.3, 0.4) is 0 Å². The van der Waals surface area contributed by atoms with Crippen molar-refractivity contribution < 1.29 is 28.6 Å². The number of hydrogen-bond donors (Lipinski definition) is 1. The monoisotopic (exact) mass is 445 g/mol.